The molecule has 9 nitrogen and oxygen atoms in total. The zero-order chi connectivity index (χ0) is 19.1. The predicted molar refractivity (Wildman–Crippen MR) is 109 cm³/mol. The highest BCUT2D eigenvalue weighted by Gasteiger charge is 2.12. The number of hydrazone groups is 1. The molecule has 1 aromatic carbocycles. The van der Waals surface area contributed by atoms with Crippen LogP contribution < -0.4 is 16.6 Å². The van der Waals surface area contributed by atoms with E-state index in [0.717, 1.165) is 10.0 Å². The second-order valence-electron chi connectivity index (χ2n) is 5.15. The minimum absolute atomic E-state index is 0.135. The Hall–Kier alpha value is -2.92. The molecule has 0 unspecified atom stereocenters. The van der Waals surface area contributed by atoms with Crippen LogP contribution in [0.3, 0.4) is 0 Å². The van der Waals surface area contributed by atoms with Gasteiger partial charge in [-0.2, -0.15) is 5.10 Å². The van der Waals surface area contributed by atoms with Gasteiger partial charge in [0.05, 0.1) is 17.7 Å². The third-order valence-electron chi connectivity index (χ3n) is 3.21. The van der Waals surface area contributed by atoms with Gasteiger partial charge in [-0.1, -0.05) is 30.0 Å². The summed E-state index contributed by atoms with van der Waals surface area (Å²) in [4.78, 5) is 16.1. The van der Waals surface area contributed by atoms with E-state index in [0.29, 0.717) is 10.8 Å². The lowest BCUT2D eigenvalue weighted by atomic mass is 10.3. The van der Waals surface area contributed by atoms with E-state index in [1.807, 2.05) is 24.3 Å². The normalized spacial score (nSPS) is 10.9. The first-order valence-corrected chi connectivity index (χ1v) is 9.48. The summed E-state index contributed by atoms with van der Waals surface area (Å²) in [6.45, 7) is 0. The molecule has 2 aromatic heterocycles. The molecule has 2 heterocycles. The summed E-state index contributed by atoms with van der Waals surface area (Å²) in [6, 6.07) is 11.0. The number of nitrogens with zero attached hydrogens (tertiary/aromatic N) is 5. The Morgan fingerprint density at radius 2 is 2.15 bits per heavy atom. The van der Waals surface area contributed by atoms with Gasteiger partial charge in [-0.15, -0.1) is 10.2 Å². The number of aromatic nitrogens is 4. The van der Waals surface area contributed by atoms with Gasteiger partial charge in [-0.05, 0) is 34.1 Å². The van der Waals surface area contributed by atoms with Gasteiger partial charge in [0.25, 0.3) is 5.95 Å². The monoisotopic (exact) mass is 446 g/mol. The number of halogens is 1. The lowest BCUT2D eigenvalue weighted by Gasteiger charge is -2.06. The first-order chi connectivity index (χ1) is 13.1. The summed E-state index contributed by atoms with van der Waals surface area (Å²) in [7, 11) is 0. The van der Waals surface area contributed by atoms with E-state index in [9.17, 15) is 4.79 Å². The Morgan fingerprint density at radius 3 is 2.93 bits per heavy atom. The van der Waals surface area contributed by atoms with Crippen LogP contribution in [0, 0.1) is 0 Å². The van der Waals surface area contributed by atoms with E-state index in [1.54, 1.807) is 30.7 Å². The standard InChI is InChI=1S/C16H15BrN8OS/c17-12-5-1-2-6-13(12)21-14(26)10-27-16-24-23-15(25(16)18)22-20-9-11-4-3-7-19-8-11/h1-9H,10,18H2,(H,21,26)(H,22,23)/b20-9+. The number of nitrogen functional groups attached to an aromatic ring is 1. The summed E-state index contributed by atoms with van der Waals surface area (Å²) in [6.07, 6.45) is 4.93. The Bertz CT molecular complexity index is 947. The molecule has 4 N–H and O–H groups in total. The molecule has 27 heavy (non-hydrogen) atoms. The number of rotatable bonds is 7. The van der Waals surface area contributed by atoms with E-state index < -0.39 is 0 Å². The molecular weight excluding hydrogens is 432 g/mol. The molecule has 0 atom stereocenters. The largest absolute Gasteiger partial charge is 0.334 e. The van der Waals surface area contributed by atoms with E-state index in [-0.39, 0.29) is 17.6 Å². The average Bonchev–Trinajstić information content (AvgIpc) is 3.03. The van der Waals surface area contributed by atoms with Gasteiger partial charge >= 0.3 is 0 Å². The van der Waals surface area contributed by atoms with Crippen LogP contribution in [-0.2, 0) is 4.79 Å². The van der Waals surface area contributed by atoms with Crippen molar-refractivity contribution >= 4 is 51.4 Å². The minimum Gasteiger partial charge on any atom is -0.334 e. The van der Waals surface area contributed by atoms with E-state index in [1.165, 1.54) is 16.4 Å². The fourth-order valence-corrected chi connectivity index (χ4v) is 2.99. The number of hydrogen-bond acceptors (Lipinski definition) is 8. The molecule has 0 saturated carbocycles. The summed E-state index contributed by atoms with van der Waals surface area (Å²) >= 11 is 4.55. The van der Waals surface area contributed by atoms with Crippen molar-refractivity contribution < 1.29 is 4.79 Å². The number of para-hydroxylation sites is 1. The SMILES string of the molecule is Nn1c(N/N=C/c2cccnc2)nnc1SCC(=O)Nc1ccccc1Br. The van der Waals surface area contributed by atoms with Gasteiger partial charge in [0.1, 0.15) is 0 Å². The third kappa shape index (κ3) is 5.28. The molecule has 1 amide bonds. The van der Waals surface area contributed by atoms with Crippen LogP contribution in [-0.4, -0.2) is 37.7 Å². The Balaban J connectivity index is 1.53. The van der Waals surface area contributed by atoms with Crippen LogP contribution in [0.5, 0.6) is 0 Å². The highest BCUT2D eigenvalue weighted by atomic mass is 79.9. The van der Waals surface area contributed by atoms with Crippen molar-refractivity contribution in [2.45, 2.75) is 5.16 Å². The summed E-state index contributed by atoms with van der Waals surface area (Å²) < 4.78 is 2.04. The van der Waals surface area contributed by atoms with Crippen molar-refractivity contribution in [1.29, 1.82) is 0 Å². The molecule has 3 aromatic rings. The fraction of sp³-hybridized carbons (Fsp3) is 0.0625. The highest BCUT2D eigenvalue weighted by Crippen LogP contribution is 2.22. The number of pyridine rings is 1. The summed E-state index contributed by atoms with van der Waals surface area (Å²) in [5.41, 5.74) is 4.23. The van der Waals surface area contributed by atoms with Crippen LogP contribution in [0.1, 0.15) is 5.56 Å². The predicted octanol–water partition coefficient (Wildman–Crippen LogP) is 2.33. The second kappa shape index (κ2) is 9.14. The van der Waals surface area contributed by atoms with Gasteiger partial charge in [0, 0.05) is 22.4 Å². The topological polar surface area (TPSA) is 123 Å². The van der Waals surface area contributed by atoms with Gasteiger partial charge in [0.15, 0.2) is 0 Å². The molecule has 0 aliphatic carbocycles. The van der Waals surface area contributed by atoms with Crippen molar-refractivity contribution in [2.24, 2.45) is 5.10 Å². The summed E-state index contributed by atoms with van der Waals surface area (Å²) in [5, 5.41) is 15.1. The second-order valence-corrected chi connectivity index (χ2v) is 6.95. The third-order valence-corrected chi connectivity index (χ3v) is 4.84. The van der Waals surface area contributed by atoms with Crippen molar-refractivity contribution in [1.82, 2.24) is 19.9 Å². The van der Waals surface area contributed by atoms with Gasteiger partial charge in [0.2, 0.25) is 11.1 Å². The molecule has 11 heteroatoms. The first kappa shape index (κ1) is 18.9. The molecular formula is C16H15BrN8OS. The van der Waals surface area contributed by atoms with Crippen LogP contribution in [0.25, 0.3) is 0 Å². The quantitative estimate of drug-likeness (QED) is 0.220. The lowest BCUT2D eigenvalue weighted by molar-refractivity contribution is -0.113. The maximum absolute atomic E-state index is 12.1. The smallest absolute Gasteiger partial charge is 0.264 e. The number of carbonyl (C=O) groups excluding carboxylic acids is 1. The van der Waals surface area contributed by atoms with Crippen molar-refractivity contribution in [3.05, 3.63) is 58.8 Å². The molecule has 0 spiro atoms. The molecule has 0 bridgehead atoms. The molecule has 0 aliphatic rings. The molecule has 138 valence electrons. The molecule has 0 aliphatic heterocycles. The lowest BCUT2D eigenvalue weighted by Crippen LogP contribution is -2.17. The van der Waals surface area contributed by atoms with Crippen molar-refractivity contribution in [3.63, 3.8) is 0 Å². The summed E-state index contributed by atoms with van der Waals surface area (Å²) in [5.74, 6) is 6.14. The average molecular weight is 447 g/mol. The van der Waals surface area contributed by atoms with E-state index >= 15 is 0 Å². The number of amides is 1. The Kier molecular flexibility index (Phi) is 6.39. The van der Waals surface area contributed by atoms with Crippen molar-refractivity contribution in [2.75, 3.05) is 22.3 Å². The van der Waals surface area contributed by atoms with Gasteiger partial charge in [-0.3, -0.25) is 9.78 Å². The number of hydrogen-bond donors (Lipinski definition) is 3. The number of benzene rings is 1. The molecule has 0 fully saturated rings. The zero-order valence-electron chi connectivity index (χ0n) is 13.9. The Labute approximate surface area is 167 Å². The van der Waals surface area contributed by atoms with Gasteiger partial charge < -0.3 is 11.2 Å². The molecule has 0 saturated heterocycles. The van der Waals surface area contributed by atoms with Crippen LogP contribution in [0.15, 0.2) is 63.5 Å². The number of thioether (sulfide) groups is 1. The highest BCUT2D eigenvalue weighted by molar-refractivity contribution is 9.10. The first-order valence-electron chi connectivity index (χ1n) is 7.70. The van der Waals surface area contributed by atoms with Crippen LogP contribution in [0.2, 0.25) is 0 Å². The van der Waals surface area contributed by atoms with Crippen LogP contribution >= 0.6 is 27.7 Å². The number of nitrogens with two attached hydrogens (primary N) is 1. The molecule has 3 rings (SSSR count). The molecule has 0 radical (unpaired) electrons. The number of carbonyl (C=O) groups is 1. The fourth-order valence-electron chi connectivity index (χ4n) is 1.95. The Morgan fingerprint density at radius 1 is 1.30 bits per heavy atom. The minimum atomic E-state index is -0.181. The van der Waals surface area contributed by atoms with Crippen molar-refractivity contribution in [3.8, 4) is 0 Å². The maximum atomic E-state index is 12.1. The number of nitrogens with one attached hydrogen (secondary N) is 2. The van der Waals surface area contributed by atoms with E-state index in [4.69, 9.17) is 5.84 Å². The number of anilines is 2. The maximum Gasteiger partial charge on any atom is 0.264 e. The zero-order valence-corrected chi connectivity index (χ0v) is 16.3. The van der Waals surface area contributed by atoms with E-state index in [2.05, 4.69) is 47.0 Å². The van der Waals surface area contributed by atoms with Crippen LogP contribution in [0.4, 0.5) is 11.6 Å². The van der Waals surface area contributed by atoms with Gasteiger partial charge in [-0.25, -0.2) is 10.1 Å².